The third-order valence-electron chi connectivity index (χ3n) is 12.4. The number of hydrogen-bond donors (Lipinski definition) is 7. The van der Waals surface area contributed by atoms with Gasteiger partial charge in [0.1, 0.15) is 0 Å². The second kappa shape index (κ2) is 28.0. The quantitative estimate of drug-likeness (QED) is 0.0626. The lowest BCUT2D eigenvalue weighted by Gasteiger charge is -2.17. The summed E-state index contributed by atoms with van der Waals surface area (Å²) in [7, 11) is 20.4. The molecule has 12 rings (SSSR count). The largest absolute Gasteiger partial charge is 0.454 e. The molecule has 87 heavy (non-hydrogen) atoms. The van der Waals surface area contributed by atoms with E-state index in [0.29, 0.717) is 85.7 Å². The lowest BCUT2D eigenvalue weighted by Crippen LogP contribution is -2.20. The molecule has 32 nitrogen and oxygen atoms in total. The number of nitrogens with two attached hydrogens (primary N) is 2. The maximum absolute atomic E-state index is 5.67. The Bertz CT molecular complexity index is 3610. The zero-order valence-corrected chi connectivity index (χ0v) is 50.1. The number of rotatable bonds is 18. The SMILES string of the molecule is CN(C)c1nc(N)nc(NCc2ccc3c(c2)OCO3)n1.CN(C)c1nc(NCc2ccc3c(c2)OCO3)nc(N(C)C)n1.CNc1nc(N)nc(N(C)Cc2ccc3c(c2)OCO3)n1.CNc1nc(NCc2ccc3c(c2)OCO3)nc(N(C)C)n1. The molecule has 9 N–H and O–H groups in total. The second-order valence-electron chi connectivity index (χ2n) is 19.9. The molecule has 8 heterocycles. The number of nitrogens with one attached hydrogen (secondary N) is 5. The summed E-state index contributed by atoms with van der Waals surface area (Å²) in [5.74, 6) is 11.7. The van der Waals surface area contributed by atoms with Crippen molar-refractivity contribution in [2.75, 3.05) is 167 Å². The van der Waals surface area contributed by atoms with Crippen LogP contribution in [0.2, 0.25) is 0 Å². The van der Waals surface area contributed by atoms with E-state index in [2.05, 4.69) is 86.4 Å². The van der Waals surface area contributed by atoms with Gasteiger partial charge in [-0.2, -0.15) is 59.8 Å². The Morgan fingerprint density at radius 3 is 1.02 bits per heavy atom. The van der Waals surface area contributed by atoms with Crippen molar-refractivity contribution >= 4 is 71.4 Å². The molecule has 0 saturated carbocycles. The van der Waals surface area contributed by atoms with Crippen molar-refractivity contribution in [1.82, 2.24) is 59.8 Å². The van der Waals surface area contributed by atoms with Gasteiger partial charge in [-0.05, 0) is 70.8 Å². The lowest BCUT2D eigenvalue weighted by molar-refractivity contribution is 0.173. The molecule has 0 spiro atoms. The molecule has 4 aromatic carbocycles. The Balaban J connectivity index is 0.000000138. The van der Waals surface area contributed by atoms with Gasteiger partial charge >= 0.3 is 0 Å². The maximum atomic E-state index is 5.67. The highest BCUT2D eigenvalue weighted by molar-refractivity contribution is 5.51. The Morgan fingerprint density at radius 2 is 0.621 bits per heavy atom. The summed E-state index contributed by atoms with van der Waals surface area (Å²) in [6.45, 7) is 3.41. The molecule has 0 radical (unpaired) electrons. The monoisotopic (exact) mass is 1190 g/mol. The number of anilines is 12. The standard InChI is InChI=1S/C15H20N6O2.C14H18N6O2.2C13H16N6O2/c1-20(2)14-17-13(18-15(19-14)21(3)4)16-8-10-5-6-11-12(7-10)23-9-22-11;1-15-12-17-13(19-14(18-12)20(2)3)16-7-9-4-5-10-11(6-9)22-8-21-10;1-19(2)13-17-11(14)16-12(18-13)15-6-8-3-4-9-10(5-8)21-7-20-9;1-15-12-16-11(14)17-13(18-12)19(2)6-8-3-4-9-10(5-8)21-7-20-9/h5-7H,8-9H2,1-4H3,(H,16,17,18,19);4-6H,7-8H2,1-3H3,(H2,15,16,17,18,19);2*3-5H,6-7H2,1-2H3,(H3,14,15,16,17,18). The summed E-state index contributed by atoms with van der Waals surface area (Å²) in [6.07, 6.45) is 0. The average Bonchev–Trinajstić information content (AvgIpc) is 4.61. The van der Waals surface area contributed by atoms with Crippen molar-refractivity contribution in [3.8, 4) is 46.0 Å². The molecule has 4 aliphatic heterocycles. The number of ether oxygens (including phenoxy) is 8. The zero-order valence-electron chi connectivity index (χ0n) is 50.1. The van der Waals surface area contributed by atoms with Crippen LogP contribution in [0.5, 0.6) is 46.0 Å². The van der Waals surface area contributed by atoms with Crippen LogP contribution in [-0.4, -0.2) is 165 Å². The third-order valence-corrected chi connectivity index (χ3v) is 12.4. The molecule has 4 aromatic heterocycles. The van der Waals surface area contributed by atoms with E-state index in [1.807, 2.05) is 156 Å². The summed E-state index contributed by atoms with van der Waals surface area (Å²) in [5.41, 5.74) is 15.6. The summed E-state index contributed by atoms with van der Waals surface area (Å²) in [4.78, 5) is 60.1. The topological polar surface area (TPSA) is 357 Å². The first kappa shape index (κ1) is 60.5. The van der Waals surface area contributed by atoms with Crippen molar-refractivity contribution in [1.29, 1.82) is 0 Å². The first-order chi connectivity index (χ1) is 41.9. The Kier molecular flexibility index (Phi) is 19.5. The van der Waals surface area contributed by atoms with Crippen LogP contribution in [0.15, 0.2) is 72.8 Å². The van der Waals surface area contributed by atoms with Crippen LogP contribution in [0.3, 0.4) is 0 Å². The molecule has 0 amide bonds. The Morgan fingerprint density at radius 1 is 0.333 bits per heavy atom. The number of hydrogen-bond acceptors (Lipinski definition) is 32. The molecule has 8 aromatic rings. The fraction of sp³-hybridized carbons (Fsp3) is 0.345. The number of nitrogen functional groups attached to an aromatic ring is 2. The van der Waals surface area contributed by atoms with Crippen molar-refractivity contribution < 1.29 is 37.9 Å². The molecule has 0 bridgehead atoms. The highest BCUT2D eigenvalue weighted by Gasteiger charge is 2.19. The van der Waals surface area contributed by atoms with E-state index >= 15 is 0 Å². The van der Waals surface area contributed by atoms with Gasteiger partial charge in [-0.15, -0.1) is 0 Å². The molecule has 458 valence electrons. The maximum Gasteiger partial charge on any atom is 0.231 e. The lowest BCUT2D eigenvalue weighted by atomic mass is 10.2. The normalized spacial score (nSPS) is 12.2. The fourth-order valence-corrected chi connectivity index (χ4v) is 7.99. The molecule has 0 unspecified atom stereocenters. The van der Waals surface area contributed by atoms with Crippen molar-refractivity contribution in [2.45, 2.75) is 26.2 Å². The van der Waals surface area contributed by atoms with Crippen LogP contribution in [0.4, 0.5) is 71.4 Å². The van der Waals surface area contributed by atoms with Gasteiger partial charge in [0.2, 0.25) is 98.6 Å². The van der Waals surface area contributed by atoms with Gasteiger partial charge in [0.15, 0.2) is 46.0 Å². The zero-order chi connectivity index (χ0) is 61.6. The van der Waals surface area contributed by atoms with Gasteiger partial charge in [0.25, 0.3) is 0 Å². The van der Waals surface area contributed by atoms with Crippen LogP contribution in [0.1, 0.15) is 22.3 Å². The summed E-state index contributed by atoms with van der Waals surface area (Å²) in [6, 6.07) is 23.3. The number of aromatic nitrogens is 12. The van der Waals surface area contributed by atoms with Crippen LogP contribution >= 0.6 is 0 Å². The van der Waals surface area contributed by atoms with Gasteiger partial charge in [0, 0.05) is 104 Å². The first-order valence-electron chi connectivity index (χ1n) is 27.0. The fourth-order valence-electron chi connectivity index (χ4n) is 7.99. The number of fused-ring (bicyclic) bond motifs is 4. The van der Waals surface area contributed by atoms with E-state index in [4.69, 9.17) is 49.4 Å². The van der Waals surface area contributed by atoms with E-state index in [9.17, 15) is 0 Å². The predicted octanol–water partition coefficient (Wildman–Crippen LogP) is 4.39. The van der Waals surface area contributed by atoms with E-state index < -0.39 is 0 Å². The van der Waals surface area contributed by atoms with Gasteiger partial charge in [-0.3, -0.25) is 0 Å². The minimum Gasteiger partial charge on any atom is -0.454 e. The molecule has 0 fully saturated rings. The van der Waals surface area contributed by atoms with Crippen molar-refractivity contribution in [3.05, 3.63) is 95.1 Å². The smallest absolute Gasteiger partial charge is 0.231 e. The van der Waals surface area contributed by atoms with E-state index in [0.717, 1.165) is 68.2 Å². The van der Waals surface area contributed by atoms with E-state index in [-0.39, 0.29) is 39.1 Å². The van der Waals surface area contributed by atoms with E-state index in [1.165, 1.54) is 0 Å². The summed E-state index contributed by atoms with van der Waals surface area (Å²) >= 11 is 0. The molecule has 0 saturated heterocycles. The van der Waals surface area contributed by atoms with Crippen molar-refractivity contribution in [3.63, 3.8) is 0 Å². The Labute approximate surface area is 502 Å². The molecule has 4 aliphatic rings. The molecule has 0 atom stereocenters. The van der Waals surface area contributed by atoms with Gasteiger partial charge in [-0.1, -0.05) is 24.3 Å². The van der Waals surface area contributed by atoms with Crippen LogP contribution in [-0.2, 0) is 26.2 Å². The minimum atomic E-state index is 0.182. The van der Waals surface area contributed by atoms with Crippen LogP contribution in [0.25, 0.3) is 0 Å². The highest BCUT2D eigenvalue weighted by Crippen LogP contribution is 2.36. The average molecular weight is 1200 g/mol. The second-order valence-corrected chi connectivity index (χ2v) is 19.9. The van der Waals surface area contributed by atoms with Gasteiger partial charge in [-0.25, -0.2) is 0 Å². The van der Waals surface area contributed by atoms with Crippen LogP contribution < -0.4 is 100 Å². The molecular formula is C55H70N24O8. The highest BCUT2D eigenvalue weighted by atomic mass is 16.7. The van der Waals surface area contributed by atoms with Gasteiger partial charge < -0.3 is 100 Å². The third kappa shape index (κ3) is 16.4. The Hall–Kier alpha value is -11.1. The number of benzene rings is 4. The molecule has 32 heteroatoms. The number of nitrogens with zero attached hydrogens (tertiary/aromatic N) is 17. The molecule has 0 aliphatic carbocycles. The summed E-state index contributed by atoms with van der Waals surface area (Å²) in [5, 5.41) is 15.3. The first-order valence-corrected chi connectivity index (χ1v) is 27.0. The van der Waals surface area contributed by atoms with Crippen LogP contribution in [0, 0.1) is 0 Å². The molecular weight excluding hydrogens is 1120 g/mol. The summed E-state index contributed by atoms with van der Waals surface area (Å²) < 4.78 is 42.7. The van der Waals surface area contributed by atoms with E-state index in [1.54, 1.807) is 19.0 Å². The predicted molar refractivity (Wildman–Crippen MR) is 329 cm³/mol. The van der Waals surface area contributed by atoms with Gasteiger partial charge in [0.05, 0.1) is 0 Å². The minimum absolute atomic E-state index is 0.182. The van der Waals surface area contributed by atoms with Crippen molar-refractivity contribution in [2.24, 2.45) is 0 Å².